The standard InChI is InChI=1S/C19H21N3O6S/c1-12-10-21(11-18(28-12)14-6-4-3-5-7-14)19(23)16-8-15(29(20,26)27)9-17(13(16)2)22(24)25/h3-9,12,18H,10-11H2,1-2H3,(H2,20,26,27)/t12-,18+/m0/s1. The molecule has 9 nitrogen and oxygen atoms in total. The first kappa shape index (κ1) is 20.9. The van der Waals surface area contributed by atoms with Crippen LogP contribution in [0.3, 0.4) is 0 Å². The molecule has 154 valence electrons. The Morgan fingerprint density at radius 3 is 2.48 bits per heavy atom. The Bertz CT molecular complexity index is 1060. The second kappa shape index (κ2) is 7.90. The zero-order valence-electron chi connectivity index (χ0n) is 15.9. The SMILES string of the molecule is Cc1c(C(=O)N2C[C@H](C)O[C@@H](c3ccccc3)C2)cc(S(N)(=O)=O)cc1[N+](=O)[O-]. The number of morpholine rings is 1. The summed E-state index contributed by atoms with van der Waals surface area (Å²) in [5.74, 6) is -0.507. The lowest BCUT2D eigenvalue weighted by molar-refractivity contribution is -0.385. The number of nitro groups is 1. The molecule has 0 spiro atoms. The molecule has 2 N–H and O–H groups in total. The van der Waals surface area contributed by atoms with E-state index >= 15 is 0 Å². The van der Waals surface area contributed by atoms with Gasteiger partial charge in [0.25, 0.3) is 11.6 Å². The number of carbonyl (C=O) groups excluding carboxylic acids is 1. The molecule has 0 saturated carbocycles. The second-order valence-electron chi connectivity index (χ2n) is 6.97. The van der Waals surface area contributed by atoms with Gasteiger partial charge < -0.3 is 9.64 Å². The summed E-state index contributed by atoms with van der Waals surface area (Å²) in [6.07, 6.45) is -0.629. The Hall–Kier alpha value is -2.82. The number of hydrogen-bond acceptors (Lipinski definition) is 6. The molecular formula is C19H21N3O6S. The Labute approximate surface area is 168 Å². The van der Waals surface area contributed by atoms with Crippen molar-refractivity contribution < 1.29 is 22.9 Å². The largest absolute Gasteiger partial charge is 0.367 e. The Morgan fingerprint density at radius 2 is 1.90 bits per heavy atom. The molecule has 29 heavy (non-hydrogen) atoms. The van der Waals surface area contributed by atoms with Crippen LogP contribution in [0.4, 0.5) is 5.69 Å². The number of rotatable bonds is 4. The van der Waals surface area contributed by atoms with Gasteiger partial charge in [-0.25, -0.2) is 13.6 Å². The van der Waals surface area contributed by atoms with Crippen molar-refractivity contribution in [3.63, 3.8) is 0 Å². The maximum Gasteiger partial charge on any atom is 0.274 e. The van der Waals surface area contributed by atoms with Crippen LogP contribution in [0.1, 0.15) is 34.5 Å². The summed E-state index contributed by atoms with van der Waals surface area (Å²) in [5.41, 5.74) is 0.450. The van der Waals surface area contributed by atoms with Crippen LogP contribution < -0.4 is 5.14 Å². The minimum atomic E-state index is -4.23. The zero-order valence-corrected chi connectivity index (χ0v) is 16.8. The fourth-order valence-electron chi connectivity index (χ4n) is 3.39. The van der Waals surface area contributed by atoms with E-state index in [1.165, 1.54) is 11.8 Å². The van der Waals surface area contributed by atoms with E-state index in [-0.39, 0.29) is 36.4 Å². The number of hydrogen-bond donors (Lipinski definition) is 1. The molecule has 0 bridgehead atoms. The van der Waals surface area contributed by atoms with Gasteiger partial charge in [-0.1, -0.05) is 30.3 Å². The fourth-order valence-corrected chi connectivity index (χ4v) is 3.95. The highest BCUT2D eigenvalue weighted by molar-refractivity contribution is 7.89. The van der Waals surface area contributed by atoms with Crippen LogP contribution in [-0.2, 0) is 14.8 Å². The molecule has 1 amide bonds. The fraction of sp³-hybridized carbons (Fsp3) is 0.316. The summed E-state index contributed by atoms with van der Waals surface area (Å²) in [5, 5.41) is 16.5. The van der Waals surface area contributed by atoms with E-state index in [0.717, 1.165) is 17.7 Å². The molecule has 1 aliphatic rings. The number of primary sulfonamides is 1. The Morgan fingerprint density at radius 1 is 1.24 bits per heavy atom. The minimum Gasteiger partial charge on any atom is -0.367 e. The average molecular weight is 419 g/mol. The highest BCUT2D eigenvalue weighted by Gasteiger charge is 2.32. The number of amides is 1. The lowest BCUT2D eigenvalue weighted by Crippen LogP contribution is -2.46. The molecule has 0 radical (unpaired) electrons. The topological polar surface area (TPSA) is 133 Å². The molecule has 1 aliphatic heterocycles. The summed E-state index contributed by atoms with van der Waals surface area (Å²) in [4.78, 5) is 24.9. The first-order valence-corrected chi connectivity index (χ1v) is 10.4. The number of carbonyl (C=O) groups is 1. The minimum absolute atomic E-state index is 0.0656. The molecule has 2 atom stereocenters. The number of nitrogens with two attached hydrogens (primary N) is 1. The molecular weight excluding hydrogens is 398 g/mol. The first-order valence-electron chi connectivity index (χ1n) is 8.89. The first-order chi connectivity index (χ1) is 13.6. The molecule has 0 aliphatic carbocycles. The number of benzene rings is 2. The van der Waals surface area contributed by atoms with E-state index in [4.69, 9.17) is 9.88 Å². The van der Waals surface area contributed by atoms with E-state index in [9.17, 15) is 23.3 Å². The molecule has 10 heteroatoms. The molecule has 0 unspecified atom stereocenters. The molecule has 1 heterocycles. The third-order valence-corrected chi connectivity index (χ3v) is 5.72. The van der Waals surface area contributed by atoms with Crippen LogP contribution in [0.15, 0.2) is 47.4 Å². The van der Waals surface area contributed by atoms with Gasteiger partial charge in [0.2, 0.25) is 10.0 Å². The Kier molecular flexibility index (Phi) is 5.69. The van der Waals surface area contributed by atoms with Crippen LogP contribution in [0.5, 0.6) is 0 Å². The number of nitro benzene ring substituents is 1. The smallest absolute Gasteiger partial charge is 0.274 e. The number of sulfonamides is 1. The summed E-state index contributed by atoms with van der Waals surface area (Å²) in [6, 6.07) is 11.4. The monoisotopic (exact) mass is 419 g/mol. The van der Waals surface area contributed by atoms with Crippen molar-refractivity contribution in [2.24, 2.45) is 5.14 Å². The molecule has 1 saturated heterocycles. The predicted molar refractivity (Wildman–Crippen MR) is 105 cm³/mol. The van der Waals surface area contributed by atoms with Crippen LogP contribution in [0.25, 0.3) is 0 Å². The maximum atomic E-state index is 13.2. The highest BCUT2D eigenvalue weighted by atomic mass is 32.2. The van der Waals surface area contributed by atoms with E-state index in [2.05, 4.69) is 0 Å². The van der Waals surface area contributed by atoms with E-state index in [1.54, 1.807) is 0 Å². The van der Waals surface area contributed by atoms with Crippen molar-refractivity contribution >= 4 is 21.6 Å². The molecule has 2 aromatic rings. The van der Waals surface area contributed by atoms with Gasteiger partial charge in [-0.2, -0.15) is 0 Å². The van der Waals surface area contributed by atoms with Gasteiger partial charge in [-0.3, -0.25) is 14.9 Å². The quantitative estimate of drug-likeness (QED) is 0.596. The number of ether oxygens (including phenoxy) is 1. The van der Waals surface area contributed by atoms with Gasteiger partial charge in [0.1, 0.15) is 6.10 Å². The third kappa shape index (κ3) is 4.44. The van der Waals surface area contributed by atoms with Crippen LogP contribution in [-0.4, -0.2) is 43.3 Å². The van der Waals surface area contributed by atoms with E-state index in [1.807, 2.05) is 37.3 Å². The summed E-state index contributed by atoms with van der Waals surface area (Å²) in [7, 11) is -4.23. The van der Waals surface area contributed by atoms with Gasteiger partial charge >= 0.3 is 0 Å². The highest BCUT2D eigenvalue weighted by Crippen LogP contribution is 2.30. The van der Waals surface area contributed by atoms with Gasteiger partial charge in [-0.05, 0) is 25.5 Å². The maximum absolute atomic E-state index is 13.2. The normalized spacial score (nSPS) is 19.8. The molecule has 3 rings (SSSR count). The van der Waals surface area contributed by atoms with Gasteiger partial charge in [0.15, 0.2) is 0 Å². The van der Waals surface area contributed by atoms with Crippen LogP contribution in [0.2, 0.25) is 0 Å². The predicted octanol–water partition coefficient (Wildman–Crippen LogP) is 2.15. The van der Waals surface area contributed by atoms with Gasteiger partial charge in [0.05, 0.1) is 28.0 Å². The number of nitrogens with zero attached hydrogens (tertiary/aromatic N) is 2. The molecule has 0 aromatic heterocycles. The lowest BCUT2D eigenvalue weighted by Gasteiger charge is -2.37. The van der Waals surface area contributed by atoms with Crippen molar-refractivity contribution in [3.8, 4) is 0 Å². The van der Waals surface area contributed by atoms with Crippen molar-refractivity contribution in [3.05, 3.63) is 69.3 Å². The molecule has 1 fully saturated rings. The summed E-state index contributed by atoms with van der Waals surface area (Å²) >= 11 is 0. The second-order valence-corrected chi connectivity index (χ2v) is 8.53. The third-order valence-electron chi connectivity index (χ3n) is 4.83. The Balaban J connectivity index is 2.01. The zero-order chi connectivity index (χ0) is 21.3. The summed E-state index contributed by atoms with van der Waals surface area (Å²) in [6.45, 7) is 3.75. The van der Waals surface area contributed by atoms with E-state index < -0.39 is 31.4 Å². The van der Waals surface area contributed by atoms with E-state index in [0.29, 0.717) is 0 Å². The van der Waals surface area contributed by atoms with Crippen molar-refractivity contribution in [2.75, 3.05) is 13.1 Å². The summed E-state index contributed by atoms with van der Waals surface area (Å²) < 4.78 is 29.5. The van der Waals surface area contributed by atoms with Crippen molar-refractivity contribution in [2.45, 2.75) is 31.0 Å². The van der Waals surface area contributed by atoms with Crippen LogP contribution in [0, 0.1) is 17.0 Å². The van der Waals surface area contributed by atoms with Crippen LogP contribution >= 0.6 is 0 Å². The van der Waals surface area contributed by atoms with Gasteiger partial charge in [0, 0.05) is 18.2 Å². The average Bonchev–Trinajstić information content (AvgIpc) is 2.66. The molecule has 2 aromatic carbocycles. The van der Waals surface area contributed by atoms with Crippen molar-refractivity contribution in [1.29, 1.82) is 0 Å². The van der Waals surface area contributed by atoms with Crippen molar-refractivity contribution in [1.82, 2.24) is 4.90 Å². The van der Waals surface area contributed by atoms with Gasteiger partial charge in [-0.15, -0.1) is 0 Å². The lowest BCUT2D eigenvalue weighted by atomic mass is 10.0.